The van der Waals surface area contributed by atoms with E-state index in [1.807, 2.05) is 0 Å². The molecule has 114 valence electrons. The number of nitrogens with one attached hydrogen (secondary N) is 1. The van der Waals surface area contributed by atoms with Gasteiger partial charge in [0, 0.05) is 13.1 Å². The smallest absolute Gasteiger partial charge is 0.338 e. The number of likely N-dealkylation sites (tertiary alicyclic amines) is 1. The van der Waals surface area contributed by atoms with Crippen molar-refractivity contribution in [3.8, 4) is 0 Å². The molecule has 8 heteroatoms. The molecule has 2 N–H and O–H groups in total. The highest BCUT2D eigenvalue weighted by Crippen LogP contribution is 2.27. The van der Waals surface area contributed by atoms with Gasteiger partial charge >= 0.3 is 5.97 Å². The van der Waals surface area contributed by atoms with Crippen molar-refractivity contribution >= 4 is 17.3 Å². The number of nitro groups is 1. The molecule has 0 radical (unpaired) electrons. The van der Waals surface area contributed by atoms with Crippen LogP contribution in [0.5, 0.6) is 0 Å². The average molecular weight is 297 g/mol. The Kier molecular flexibility index (Phi) is 4.69. The lowest BCUT2D eigenvalue weighted by atomic mass is 10.1. The van der Waals surface area contributed by atoms with Gasteiger partial charge in [-0.25, -0.2) is 9.18 Å². The normalized spacial score (nSPS) is 15.1. The van der Waals surface area contributed by atoms with Crippen molar-refractivity contribution < 1.29 is 19.2 Å². The molecule has 21 heavy (non-hydrogen) atoms. The number of hydrogen-bond acceptors (Lipinski definition) is 5. The van der Waals surface area contributed by atoms with Gasteiger partial charge in [0.2, 0.25) is 0 Å². The third-order valence-corrected chi connectivity index (χ3v) is 3.45. The fourth-order valence-corrected chi connectivity index (χ4v) is 2.37. The van der Waals surface area contributed by atoms with Crippen LogP contribution in [0, 0.1) is 15.9 Å². The van der Waals surface area contributed by atoms with Crippen molar-refractivity contribution in [1.29, 1.82) is 0 Å². The second-order valence-corrected chi connectivity index (χ2v) is 4.89. The first-order valence-electron chi connectivity index (χ1n) is 6.66. The molecule has 0 amide bonds. The van der Waals surface area contributed by atoms with Gasteiger partial charge in [0.15, 0.2) is 0 Å². The maximum Gasteiger partial charge on any atom is 0.338 e. The molecular formula is C13H16FN3O4. The lowest BCUT2D eigenvalue weighted by Gasteiger charge is -2.15. The molecule has 1 fully saturated rings. The average Bonchev–Trinajstić information content (AvgIpc) is 2.92. The van der Waals surface area contributed by atoms with Gasteiger partial charge in [-0.15, -0.1) is 0 Å². The van der Waals surface area contributed by atoms with Crippen LogP contribution in [0.1, 0.15) is 23.2 Å². The minimum atomic E-state index is -1.45. The van der Waals surface area contributed by atoms with Gasteiger partial charge < -0.3 is 15.3 Å². The minimum Gasteiger partial charge on any atom is -0.478 e. The molecule has 1 heterocycles. The first-order valence-corrected chi connectivity index (χ1v) is 6.66. The number of nitrogens with zero attached hydrogens (tertiary/aromatic N) is 2. The number of nitro benzene ring substituents is 1. The summed E-state index contributed by atoms with van der Waals surface area (Å²) >= 11 is 0. The van der Waals surface area contributed by atoms with Crippen LogP contribution in [-0.4, -0.2) is 47.1 Å². The maximum absolute atomic E-state index is 13.5. The summed E-state index contributed by atoms with van der Waals surface area (Å²) in [5.41, 5.74) is -1.01. The molecule has 0 unspecified atom stereocenters. The van der Waals surface area contributed by atoms with Crippen LogP contribution in [0.2, 0.25) is 0 Å². The molecule has 0 spiro atoms. The number of rotatable bonds is 6. The van der Waals surface area contributed by atoms with Crippen molar-refractivity contribution in [2.45, 2.75) is 12.8 Å². The lowest BCUT2D eigenvalue weighted by molar-refractivity contribution is -0.384. The molecule has 0 saturated carbocycles. The van der Waals surface area contributed by atoms with E-state index < -0.39 is 28.0 Å². The third-order valence-electron chi connectivity index (χ3n) is 3.45. The fourth-order valence-electron chi connectivity index (χ4n) is 2.37. The van der Waals surface area contributed by atoms with Crippen LogP contribution in [-0.2, 0) is 0 Å². The number of carbonyl (C=O) groups is 1. The first-order chi connectivity index (χ1) is 9.99. The van der Waals surface area contributed by atoms with Crippen LogP contribution in [0.3, 0.4) is 0 Å². The van der Waals surface area contributed by atoms with Crippen molar-refractivity contribution in [2.24, 2.45) is 0 Å². The highest BCUT2D eigenvalue weighted by Gasteiger charge is 2.21. The standard InChI is InChI=1S/C13H16FN3O4/c14-10-8-12(17(20)21)11(7-9(10)13(18)19)15-3-6-16-4-1-2-5-16/h7-8,15H,1-6H2,(H,18,19). The van der Waals surface area contributed by atoms with E-state index >= 15 is 0 Å². The lowest BCUT2D eigenvalue weighted by Crippen LogP contribution is -2.26. The van der Waals surface area contributed by atoms with E-state index in [0.717, 1.165) is 32.0 Å². The number of carboxylic acid groups (broad SMARTS) is 1. The van der Waals surface area contributed by atoms with Crippen molar-refractivity contribution in [3.63, 3.8) is 0 Å². The van der Waals surface area contributed by atoms with Gasteiger partial charge in [-0.3, -0.25) is 10.1 Å². The summed E-state index contributed by atoms with van der Waals surface area (Å²) in [5, 5.41) is 22.6. The summed E-state index contributed by atoms with van der Waals surface area (Å²) in [4.78, 5) is 23.3. The van der Waals surface area contributed by atoms with Crippen molar-refractivity contribution in [2.75, 3.05) is 31.5 Å². The molecule has 0 aromatic heterocycles. The van der Waals surface area contributed by atoms with Crippen molar-refractivity contribution in [1.82, 2.24) is 4.90 Å². The molecule has 1 aromatic carbocycles. The summed E-state index contributed by atoms with van der Waals surface area (Å²) in [6.07, 6.45) is 2.28. The van der Waals surface area contributed by atoms with Gasteiger partial charge in [0.05, 0.1) is 16.6 Å². The van der Waals surface area contributed by atoms with Gasteiger partial charge in [-0.2, -0.15) is 0 Å². The Morgan fingerprint density at radius 2 is 2.10 bits per heavy atom. The molecule has 0 bridgehead atoms. The Bertz CT molecular complexity index is 559. The van der Waals surface area contributed by atoms with Gasteiger partial charge in [0.1, 0.15) is 11.5 Å². The number of carboxylic acids is 1. The van der Waals surface area contributed by atoms with E-state index in [-0.39, 0.29) is 5.69 Å². The number of anilines is 1. The van der Waals surface area contributed by atoms with E-state index in [1.165, 1.54) is 0 Å². The molecule has 0 atom stereocenters. The monoisotopic (exact) mass is 297 g/mol. The zero-order valence-electron chi connectivity index (χ0n) is 11.3. The molecule has 7 nitrogen and oxygen atoms in total. The number of aromatic carboxylic acids is 1. The van der Waals surface area contributed by atoms with Crippen LogP contribution >= 0.6 is 0 Å². The van der Waals surface area contributed by atoms with Gasteiger partial charge in [-0.1, -0.05) is 0 Å². The second kappa shape index (κ2) is 6.49. The van der Waals surface area contributed by atoms with Crippen LogP contribution < -0.4 is 5.32 Å². The summed E-state index contributed by atoms with van der Waals surface area (Å²) in [6.45, 7) is 3.13. The Morgan fingerprint density at radius 1 is 1.43 bits per heavy atom. The second-order valence-electron chi connectivity index (χ2n) is 4.89. The first kappa shape index (κ1) is 15.2. The van der Waals surface area contributed by atoms with Crippen molar-refractivity contribution in [3.05, 3.63) is 33.6 Å². The van der Waals surface area contributed by atoms with Crippen LogP contribution in [0.4, 0.5) is 15.8 Å². The molecule has 0 aliphatic carbocycles. The van der Waals surface area contributed by atoms with E-state index in [0.29, 0.717) is 19.2 Å². The van der Waals surface area contributed by atoms with Gasteiger partial charge in [-0.05, 0) is 32.0 Å². The zero-order valence-corrected chi connectivity index (χ0v) is 11.3. The summed E-state index contributed by atoms with van der Waals surface area (Å²) in [5.74, 6) is -2.57. The summed E-state index contributed by atoms with van der Waals surface area (Å²) < 4.78 is 13.5. The summed E-state index contributed by atoms with van der Waals surface area (Å²) in [7, 11) is 0. The molecule has 2 rings (SSSR count). The predicted octanol–water partition coefficient (Wildman–Crippen LogP) is 1.94. The van der Waals surface area contributed by atoms with E-state index in [1.54, 1.807) is 0 Å². The largest absolute Gasteiger partial charge is 0.478 e. The van der Waals surface area contributed by atoms with E-state index in [2.05, 4.69) is 10.2 Å². The Balaban J connectivity index is 2.13. The predicted molar refractivity (Wildman–Crippen MR) is 74.2 cm³/mol. The SMILES string of the molecule is O=C(O)c1cc(NCCN2CCCC2)c([N+](=O)[O-])cc1F. The Labute approximate surface area is 120 Å². The van der Waals surface area contributed by atoms with Crippen LogP contribution in [0.25, 0.3) is 0 Å². The minimum absolute atomic E-state index is 0.0259. The summed E-state index contributed by atoms with van der Waals surface area (Å²) in [6, 6.07) is 1.61. The molecule has 1 aromatic rings. The Morgan fingerprint density at radius 3 is 2.67 bits per heavy atom. The molecule has 1 saturated heterocycles. The van der Waals surface area contributed by atoms with Gasteiger partial charge in [0.25, 0.3) is 5.69 Å². The van der Waals surface area contributed by atoms with E-state index in [9.17, 15) is 19.3 Å². The molecular weight excluding hydrogens is 281 g/mol. The quantitative estimate of drug-likeness (QED) is 0.615. The highest BCUT2D eigenvalue weighted by atomic mass is 19.1. The van der Waals surface area contributed by atoms with E-state index in [4.69, 9.17) is 5.11 Å². The third kappa shape index (κ3) is 3.66. The fraction of sp³-hybridized carbons (Fsp3) is 0.462. The molecule has 1 aliphatic heterocycles. The topological polar surface area (TPSA) is 95.7 Å². The van der Waals surface area contributed by atoms with Crippen LogP contribution in [0.15, 0.2) is 12.1 Å². The molecule has 1 aliphatic rings. The maximum atomic E-state index is 13.5. The number of benzene rings is 1. The highest BCUT2D eigenvalue weighted by molar-refractivity contribution is 5.90. The number of halogens is 1. The number of hydrogen-bond donors (Lipinski definition) is 2. The zero-order chi connectivity index (χ0) is 15.4. The Hall–Kier alpha value is -2.22.